The number of aryl methyl sites for hydroxylation is 2. The zero-order valence-electron chi connectivity index (χ0n) is 11.3. The van der Waals surface area contributed by atoms with Gasteiger partial charge in [-0.1, -0.05) is 15.9 Å². The quantitative estimate of drug-likeness (QED) is 0.896. The number of hydrogen-bond donors (Lipinski definition) is 2. The Kier molecular flexibility index (Phi) is 4.96. The smallest absolute Gasteiger partial charge is 0.226 e. The number of carbonyl (C=O) groups excluding carboxylic acids is 1. The van der Waals surface area contributed by atoms with Gasteiger partial charge in [-0.3, -0.25) is 4.79 Å². The highest BCUT2D eigenvalue weighted by Gasteiger charge is 2.17. The van der Waals surface area contributed by atoms with Crippen molar-refractivity contribution < 1.29 is 9.53 Å². The van der Waals surface area contributed by atoms with Gasteiger partial charge in [0.05, 0.1) is 13.2 Å². The molecule has 19 heavy (non-hydrogen) atoms. The summed E-state index contributed by atoms with van der Waals surface area (Å²) in [6.45, 7) is 6.18. The van der Waals surface area contributed by atoms with Crippen molar-refractivity contribution in [2.24, 2.45) is 0 Å². The summed E-state index contributed by atoms with van der Waals surface area (Å²) in [4.78, 5) is 12.0. The van der Waals surface area contributed by atoms with Crippen molar-refractivity contribution in [1.29, 1.82) is 0 Å². The molecule has 1 fully saturated rings. The second kappa shape index (κ2) is 6.50. The van der Waals surface area contributed by atoms with Crippen LogP contribution < -0.4 is 10.6 Å². The minimum absolute atomic E-state index is 0.0177. The fourth-order valence-electron chi connectivity index (χ4n) is 2.20. The molecule has 1 unspecified atom stereocenters. The largest absolute Gasteiger partial charge is 0.378 e. The maximum absolute atomic E-state index is 12.0. The van der Waals surface area contributed by atoms with Crippen LogP contribution in [0.4, 0.5) is 5.69 Å². The standard InChI is InChI=1S/C14H19BrN2O2/c1-9-5-11(6-10(2)14(9)15)17-13(18)7-12-8-19-4-3-16-12/h5-6,12,16H,3-4,7-8H2,1-2H3,(H,17,18). The number of nitrogens with one attached hydrogen (secondary N) is 2. The monoisotopic (exact) mass is 326 g/mol. The Hall–Kier alpha value is -0.910. The number of halogens is 1. The van der Waals surface area contributed by atoms with Crippen molar-refractivity contribution >= 4 is 27.5 Å². The van der Waals surface area contributed by atoms with Crippen molar-refractivity contribution in [1.82, 2.24) is 5.32 Å². The van der Waals surface area contributed by atoms with Gasteiger partial charge in [-0.25, -0.2) is 0 Å². The van der Waals surface area contributed by atoms with E-state index in [9.17, 15) is 4.79 Å². The third kappa shape index (κ3) is 4.03. The summed E-state index contributed by atoms with van der Waals surface area (Å²) in [6, 6.07) is 4.06. The Morgan fingerprint density at radius 1 is 1.47 bits per heavy atom. The van der Waals surface area contributed by atoms with E-state index in [-0.39, 0.29) is 11.9 Å². The van der Waals surface area contributed by atoms with Gasteiger partial charge in [-0.2, -0.15) is 0 Å². The summed E-state index contributed by atoms with van der Waals surface area (Å²) in [5.41, 5.74) is 3.09. The minimum Gasteiger partial charge on any atom is -0.378 e. The Morgan fingerprint density at radius 2 is 2.16 bits per heavy atom. The van der Waals surface area contributed by atoms with Crippen LogP contribution in [0, 0.1) is 13.8 Å². The molecule has 2 rings (SSSR count). The van der Waals surface area contributed by atoms with Crippen LogP contribution >= 0.6 is 15.9 Å². The molecule has 1 heterocycles. The summed E-state index contributed by atoms with van der Waals surface area (Å²) >= 11 is 3.52. The van der Waals surface area contributed by atoms with E-state index in [0.29, 0.717) is 13.0 Å². The summed E-state index contributed by atoms with van der Waals surface area (Å²) < 4.78 is 6.43. The Balaban J connectivity index is 1.94. The number of rotatable bonds is 3. The third-order valence-corrected chi connectivity index (χ3v) is 4.40. The fraction of sp³-hybridized carbons (Fsp3) is 0.500. The highest BCUT2D eigenvalue weighted by atomic mass is 79.9. The molecule has 1 atom stereocenters. The Bertz CT molecular complexity index is 448. The van der Waals surface area contributed by atoms with E-state index in [1.165, 1.54) is 0 Å². The summed E-state index contributed by atoms with van der Waals surface area (Å²) in [5, 5.41) is 6.22. The van der Waals surface area contributed by atoms with E-state index < -0.39 is 0 Å². The lowest BCUT2D eigenvalue weighted by Crippen LogP contribution is -2.43. The molecule has 1 aromatic rings. The predicted octanol–water partition coefficient (Wildman–Crippen LogP) is 2.38. The maximum atomic E-state index is 12.0. The van der Waals surface area contributed by atoms with Crippen LogP contribution in [0.5, 0.6) is 0 Å². The topological polar surface area (TPSA) is 50.4 Å². The van der Waals surface area contributed by atoms with Gasteiger partial charge in [0.2, 0.25) is 5.91 Å². The van der Waals surface area contributed by atoms with Gasteiger partial charge in [-0.15, -0.1) is 0 Å². The second-order valence-corrected chi connectivity index (χ2v) is 5.70. The lowest BCUT2D eigenvalue weighted by Gasteiger charge is -2.23. The molecule has 2 N–H and O–H groups in total. The molecule has 0 bridgehead atoms. The second-order valence-electron chi connectivity index (χ2n) is 4.90. The molecule has 4 nitrogen and oxygen atoms in total. The Morgan fingerprint density at radius 3 is 2.74 bits per heavy atom. The van der Waals surface area contributed by atoms with Gasteiger partial charge in [0.15, 0.2) is 0 Å². The zero-order chi connectivity index (χ0) is 13.8. The van der Waals surface area contributed by atoms with Crippen molar-refractivity contribution in [2.75, 3.05) is 25.1 Å². The normalized spacial score (nSPS) is 19.2. The molecule has 0 spiro atoms. The number of amides is 1. The third-order valence-electron chi connectivity index (χ3n) is 3.15. The average Bonchev–Trinajstić information content (AvgIpc) is 2.37. The van der Waals surface area contributed by atoms with Crippen LogP contribution in [0.15, 0.2) is 16.6 Å². The molecule has 0 aromatic heterocycles. The summed E-state index contributed by atoms with van der Waals surface area (Å²) in [7, 11) is 0. The minimum atomic E-state index is 0.0177. The number of carbonyl (C=O) groups is 1. The molecule has 104 valence electrons. The van der Waals surface area contributed by atoms with Gasteiger partial charge in [-0.05, 0) is 37.1 Å². The summed E-state index contributed by atoms with van der Waals surface area (Å²) in [5.74, 6) is 0.0177. The number of ether oxygens (including phenoxy) is 1. The van der Waals surface area contributed by atoms with Gasteiger partial charge in [0.25, 0.3) is 0 Å². The van der Waals surface area contributed by atoms with Crippen molar-refractivity contribution in [3.05, 3.63) is 27.7 Å². The first-order valence-corrected chi connectivity index (χ1v) is 7.23. The van der Waals surface area contributed by atoms with Gasteiger partial charge in [0, 0.05) is 29.2 Å². The molecule has 1 aliphatic rings. The first-order chi connectivity index (χ1) is 9.06. The first-order valence-electron chi connectivity index (χ1n) is 6.44. The number of anilines is 1. The van der Waals surface area contributed by atoms with Crippen molar-refractivity contribution in [2.45, 2.75) is 26.3 Å². The highest BCUT2D eigenvalue weighted by molar-refractivity contribution is 9.10. The lowest BCUT2D eigenvalue weighted by atomic mass is 10.1. The van der Waals surface area contributed by atoms with E-state index in [1.807, 2.05) is 26.0 Å². The molecule has 0 radical (unpaired) electrons. The molecular formula is C14H19BrN2O2. The molecular weight excluding hydrogens is 308 g/mol. The average molecular weight is 327 g/mol. The van der Waals surface area contributed by atoms with E-state index in [0.717, 1.165) is 34.4 Å². The SMILES string of the molecule is Cc1cc(NC(=O)CC2COCCN2)cc(C)c1Br. The van der Waals surface area contributed by atoms with E-state index in [2.05, 4.69) is 26.6 Å². The highest BCUT2D eigenvalue weighted by Crippen LogP contribution is 2.25. The zero-order valence-corrected chi connectivity index (χ0v) is 12.8. The van der Waals surface area contributed by atoms with Gasteiger partial charge < -0.3 is 15.4 Å². The van der Waals surface area contributed by atoms with Crippen LogP contribution in [0.2, 0.25) is 0 Å². The van der Waals surface area contributed by atoms with Gasteiger partial charge >= 0.3 is 0 Å². The van der Waals surface area contributed by atoms with E-state index >= 15 is 0 Å². The molecule has 1 saturated heterocycles. The number of benzene rings is 1. The molecule has 0 aliphatic carbocycles. The van der Waals surface area contributed by atoms with E-state index in [4.69, 9.17) is 4.74 Å². The first kappa shape index (κ1) is 14.5. The van der Waals surface area contributed by atoms with Crippen molar-refractivity contribution in [3.63, 3.8) is 0 Å². The van der Waals surface area contributed by atoms with Crippen LogP contribution in [-0.2, 0) is 9.53 Å². The maximum Gasteiger partial charge on any atom is 0.226 e. The number of hydrogen-bond acceptors (Lipinski definition) is 3. The van der Waals surface area contributed by atoms with Crippen molar-refractivity contribution in [3.8, 4) is 0 Å². The lowest BCUT2D eigenvalue weighted by molar-refractivity contribution is -0.117. The molecule has 1 aromatic carbocycles. The van der Waals surface area contributed by atoms with Crippen LogP contribution in [0.3, 0.4) is 0 Å². The fourth-order valence-corrected chi connectivity index (χ4v) is 2.43. The van der Waals surface area contributed by atoms with Crippen LogP contribution in [-0.4, -0.2) is 31.7 Å². The molecule has 1 amide bonds. The van der Waals surface area contributed by atoms with Crippen LogP contribution in [0.1, 0.15) is 17.5 Å². The van der Waals surface area contributed by atoms with Gasteiger partial charge in [0.1, 0.15) is 0 Å². The van der Waals surface area contributed by atoms with Crippen LogP contribution in [0.25, 0.3) is 0 Å². The number of morpholine rings is 1. The molecule has 1 aliphatic heterocycles. The molecule has 5 heteroatoms. The summed E-state index contributed by atoms with van der Waals surface area (Å²) in [6.07, 6.45) is 0.439. The molecule has 0 saturated carbocycles. The Labute approximate surface area is 122 Å². The predicted molar refractivity (Wildman–Crippen MR) is 79.5 cm³/mol. The van der Waals surface area contributed by atoms with E-state index in [1.54, 1.807) is 0 Å².